The molecule has 6 nitrogen and oxygen atoms in total. The summed E-state index contributed by atoms with van der Waals surface area (Å²) in [6, 6.07) is 0.399. The number of urea groups is 1. The highest BCUT2D eigenvalue weighted by Gasteiger charge is 2.26. The summed E-state index contributed by atoms with van der Waals surface area (Å²) < 4.78 is 5.85. The highest BCUT2D eigenvalue weighted by atomic mass is 16.5. The van der Waals surface area contributed by atoms with Crippen molar-refractivity contribution >= 4 is 6.03 Å². The van der Waals surface area contributed by atoms with Gasteiger partial charge in [0.2, 0.25) is 5.88 Å². The number of amides is 2. The summed E-state index contributed by atoms with van der Waals surface area (Å²) in [6.45, 7) is 1.42. The smallest absolute Gasteiger partial charge is 0.317 e. The fourth-order valence-electron chi connectivity index (χ4n) is 3.43. The van der Waals surface area contributed by atoms with Gasteiger partial charge in [-0.15, -0.1) is 0 Å². The minimum absolute atomic E-state index is 0.000309. The van der Waals surface area contributed by atoms with Crippen molar-refractivity contribution in [3.05, 3.63) is 18.6 Å². The van der Waals surface area contributed by atoms with Crippen molar-refractivity contribution < 1.29 is 9.53 Å². The van der Waals surface area contributed by atoms with Gasteiger partial charge in [0.1, 0.15) is 6.10 Å². The zero-order chi connectivity index (χ0) is 15.9. The third-order valence-corrected chi connectivity index (χ3v) is 4.68. The molecule has 2 fully saturated rings. The lowest BCUT2D eigenvalue weighted by Crippen LogP contribution is -2.50. The molecule has 23 heavy (non-hydrogen) atoms. The molecule has 1 saturated carbocycles. The molecule has 2 heterocycles. The Morgan fingerprint density at radius 2 is 1.96 bits per heavy atom. The van der Waals surface area contributed by atoms with Gasteiger partial charge in [-0.1, -0.05) is 25.7 Å². The number of piperidine rings is 1. The molecule has 3 rings (SSSR count). The van der Waals surface area contributed by atoms with Gasteiger partial charge < -0.3 is 15.0 Å². The Bertz CT molecular complexity index is 489. The number of nitrogens with zero attached hydrogens (tertiary/aromatic N) is 3. The molecule has 0 spiro atoms. The summed E-state index contributed by atoms with van der Waals surface area (Å²) in [5.41, 5.74) is 0. The van der Waals surface area contributed by atoms with Crippen LogP contribution in [0.5, 0.6) is 5.88 Å². The van der Waals surface area contributed by atoms with E-state index in [4.69, 9.17) is 4.74 Å². The summed E-state index contributed by atoms with van der Waals surface area (Å²) in [5.74, 6) is 0.531. The number of ether oxygens (including phenoxy) is 1. The van der Waals surface area contributed by atoms with Gasteiger partial charge in [-0.3, -0.25) is 4.98 Å². The first-order chi connectivity index (χ1) is 11.3. The first-order valence-corrected chi connectivity index (χ1v) is 8.79. The van der Waals surface area contributed by atoms with Crippen molar-refractivity contribution in [1.82, 2.24) is 20.2 Å². The average molecular weight is 318 g/mol. The molecule has 1 saturated heterocycles. The van der Waals surface area contributed by atoms with Crippen LogP contribution in [-0.4, -0.2) is 46.1 Å². The summed E-state index contributed by atoms with van der Waals surface area (Å²) in [7, 11) is 0. The molecule has 1 unspecified atom stereocenters. The number of carbonyl (C=O) groups is 1. The van der Waals surface area contributed by atoms with Crippen molar-refractivity contribution in [2.24, 2.45) is 0 Å². The molecule has 1 aliphatic carbocycles. The Kier molecular flexibility index (Phi) is 5.66. The van der Waals surface area contributed by atoms with Crippen molar-refractivity contribution in [2.75, 3.05) is 13.1 Å². The third kappa shape index (κ3) is 4.81. The predicted molar refractivity (Wildman–Crippen MR) is 87.3 cm³/mol. The monoisotopic (exact) mass is 318 g/mol. The minimum atomic E-state index is 0.000309. The van der Waals surface area contributed by atoms with Crippen LogP contribution in [0.15, 0.2) is 18.6 Å². The van der Waals surface area contributed by atoms with E-state index < -0.39 is 0 Å². The standard InChI is InChI=1S/C17H26N4O2/c22-17(20-14-6-3-1-2-4-7-14)21-11-5-8-15(13-21)23-16-12-18-9-10-19-16/h9-10,12,14-15H,1-8,11,13H2,(H,20,22). The van der Waals surface area contributed by atoms with Gasteiger partial charge in [0, 0.05) is 25.0 Å². The quantitative estimate of drug-likeness (QED) is 0.870. The topological polar surface area (TPSA) is 67.4 Å². The van der Waals surface area contributed by atoms with Gasteiger partial charge in [-0.05, 0) is 25.7 Å². The van der Waals surface area contributed by atoms with Gasteiger partial charge in [0.05, 0.1) is 12.7 Å². The predicted octanol–water partition coefficient (Wildman–Crippen LogP) is 2.75. The molecule has 126 valence electrons. The Morgan fingerprint density at radius 1 is 1.13 bits per heavy atom. The fraction of sp³-hybridized carbons (Fsp3) is 0.706. The molecule has 2 aliphatic rings. The first kappa shape index (κ1) is 16.0. The molecule has 1 N–H and O–H groups in total. The van der Waals surface area contributed by atoms with E-state index in [1.54, 1.807) is 18.6 Å². The maximum Gasteiger partial charge on any atom is 0.317 e. The fourth-order valence-corrected chi connectivity index (χ4v) is 3.43. The van der Waals surface area contributed by atoms with Crippen molar-refractivity contribution in [3.8, 4) is 5.88 Å². The van der Waals surface area contributed by atoms with Gasteiger partial charge in [0.15, 0.2) is 0 Å². The minimum Gasteiger partial charge on any atom is -0.471 e. The Morgan fingerprint density at radius 3 is 2.70 bits per heavy atom. The number of likely N-dealkylation sites (tertiary alicyclic amines) is 1. The normalized spacial score (nSPS) is 23.1. The highest BCUT2D eigenvalue weighted by molar-refractivity contribution is 5.74. The lowest BCUT2D eigenvalue weighted by Gasteiger charge is -2.33. The molecule has 1 aromatic heterocycles. The lowest BCUT2D eigenvalue weighted by molar-refractivity contribution is 0.0961. The highest BCUT2D eigenvalue weighted by Crippen LogP contribution is 2.19. The van der Waals surface area contributed by atoms with Crippen LogP contribution in [0.4, 0.5) is 4.79 Å². The number of rotatable bonds is 3. The number of nitrogens with one attached hydrogen (secondary N) is 1. The van der Waals surface area contributed by atoms with Crippen molar-refractivity contribution in [2.45, 2.75) is 63.5 Å². The van der Waals surface area contributed by atoms with Gasteiger partial charge in [-0.25, -0.2) is 9.78 Å². The summed E-state index contributed by atoms with van der Waals surface area (Å²) in [4.78, 5) is 22.5. The molecule has 1 atom stereocenters. The van der Waals surface area contributed by atoms with Gasteiger partial charge >= 0.3 is 6.03 Å². The van der Waals surface area contributed by atoms with Gasteiger partial charge in [-0.2, -0.15) is 0 Å². The van der Waals surface area contributed by atoms with E-state index in [1.165, 1.54) is 25.7 Å². The van der Waals surface area contributed by atoms with E-state index in [2.05, 4.69) is 15.3 Å². The first-order valence-electron chi connectivity index (χ1n) is 8.79. The van der Waals surface area contributed by atoms with Crippen LogP contribution < -0.4 is 10.1 Å². The Labute approximate surface area is 137 Å². The summed E-state index contributed by atoms with van der Waals surface area (Å²) >= 11 is 0. The maximum atomic E-state index is 12.5. The Balaban J connectivity index is 1.50. The van der Waals surface area contributed by atoms with E-state index in [1.807, 2.05) is 4.90 Å². The lowest BCUT2D eigenvalue weighted by atomic mass is 10.1. The SMILES string of the molecule is O=C(NC1CCCCCC1)N1CCCC(Oc2cnccn2)C1. The molecule has 0 aromatic carbocycles. The zero-order valence-electron chi connectivity index (χ0n) is 13.6. The van der Waals surface area contributed by atoms with Crippen LogP contribution >= 0.6 is 0 Å². The van der Waals surface area contributed by atoms with Crippen LogP contribution in [0.2, 0.25) is 0 Å². The summed E-state index contributed by atoms with van der Waals surface area (Å²) in [6.07, 6.45) is 14.0. The van der Waals surface area contributed by atoms with Crippen molar-refractivity contribution in [3.63, 3.8) is 0 Å². The molecule has 2 amide bonds. The molecule has 0 bridgehead atoms. The number of hydrogen-bond donors (Lipinski definition) is 1. The maximum absolute atomic E-state index is 12.5. The summed E-state index contributed by atoms with van der Waals surface area (Å²) in [5, 5.41) is 3.22. The molecule has 0 radical (unpaired) electrons. The van der Waals surface area contributed by atoms with Crippen LogP contribution in [0.3, 0.4) is 0 Å². The van der Waals surface area contributed by atoms with Crippen LogP contribution in [0, 0.1) is 0 Å². The van der Waals surface area contributed by atoms with Crippen molar-refractivity contribution in [1.29, 1.82) is 0 Å². The molecule has 1 aromatic rings. The largest absolute Gasteiger partial charge is 0.471 e. The Hall–Kier alpha value is -1.85. The molecular weight excluding hydrogens is 292 g/mol. The zero-order valence-corrected chi connectivity index (χ0v) is 13.6. The van der Waals surface area contributed by atoms with E-state index in [-0.39, 0.29) is 12.1 Å². The molecular formula is C17H26N4O2. The average Bonchev–Trinajstić information content (AvgIpc) is 2.85. The second-order valence-corrected chi connectivity index (χ2v) is 6.51. The number of hydrogen-bond acceptors (Lipinski definition) is 4. The van der Waals surface area contributed by atoms with Gasteiger partial charge in [0.25, 0.3) is 0 Å². The number of aromatic nitrogens is 2. The van der Waals surface area contributed by atoms with E-state index in [0.29, 0.717) is 18.5 Å². The second-order valence-electron chi connectivity index (χ2n) is 6.51. The van der Waals surface area contributed by atoms with E-state index in [0.717, 1.165) is 32.2 Å². The third-order valence-electron chi connectivity index (χ3n) is 4.68. The molecule has 6 heteroatoms. The second kappa shape index (κ2) is 8.13. The van der Waals surface area contributed by atoms with E-state index in [9.17, 15) is 4.79 Å². The molecule has 1 aliphatic heterocycles. The van der Waals surface area contributed by atoms with Crippen LogP contribution in [-0.2, 0) is 0 Å². The van der Waals surface area contributed by atoms with Crippen LogP contribution in [0.1, 0.15) is 51.4 Å². The van der Waals surface area contributed by atoms with E-state index >= 15 is 0 Å². The van der Waals surface area contributed by atoms with Crippen LogP contribution in [0.25, 0.3) is 0 Å². The number of carbonyl (C=O) groups excluding carboxylic acids is 1.